The van der Waals surface area contributed by atoms with Crippen molar-refractivity contribution >= 4 is 23.1 Å². The van der Waals surface area contributed by atoms with E-state index in [-0.39, 0.29) is 0 Å². The van der Waals surface area contributed by atoms with Crippen molar-refractivity contribution in [2.24, 2.45) is 0 Å². The summed E-state index contributed by atoms with van der Waals surface area (Å²) >= 11 is 3.87. The highest BCUT2D eigenvalue weighted by atomic mass is 32.2. The second kappa shape index (κ2) is 5.32. The summed E-state index contributed by atoms with van der Waals surface area (Å²) < 4.78 is 0. The molecule has 1 aromatic rings. The van der Waals surface area contributed by atoms with Gasteiger partial charge in [0.1, 0.15) is 5.01 Å². The van der Waals surface area contributed by atoms with Gasteiger partial charge in [-0.2, -0.15) is 11.8 Å². The molecule has 2 nitrogen and oxygen atoms in total. The maximum atomic E-state index is 4.74. The molecule has 1 aliphatic carbocycles. The number of fused-ring (bicyclic) bond motifs is 1. The Morgan fingerprint density at radius 2 is 2.47 bits per heavy atom. The fraction of sp³-hybridized carbons (Fsp3) is 0.727. The quantitative estimate of drug-likeness (QED) is 0.878. The van der Waals surface area contributed by atoms with Crippen LogP contribution in [0.2, 0.25) is 0 Å². The van der Waals surface area contributed by atoms with Crippen LogP contribution >= 0.6 is 23.1 Å². The summed E-state index contributed by atoms with van der Waals surface area (Å²) in [5, 5.41) is 4.71. The van der Waals surface area contributed by atoms with Crippen molar-refractivity contribution in [2.45, 2.75) is 38.0 Å². The van der Waals surface area contributed by atoms with E-state index in [0.29, 0.717) is 6.04 Å². The summed E-state index contributed by atoms with van der Waals surface area (Å²) in [6.07, 6.45) is 3.73. The summed E-state index contributed by atoms with van der Waals surface area (Å²) in [6, 6.07) is 0.562. The monoisotopic (exact) mass is 242 g/mol. The van der Waals surface area contributed by atoms with Crippen molar-refractivity contribution in [2.75, 3.05) is 12.8 Å². The molecule has 1 heterocycles. The van der Waals surface area contributed by atoms with Gasteiger partial charge in [-0.25, -0.2) is 4.98 Å². The second-order valence-corrected chi connectivity index (χ2v) is 6.18. The molecular formula is C11H18N2S2. The van der Waals surface area contributed by atoms with Crippen molar-refractivity contribution in [1.82, 2.24) is 10.3 Å². The number of nitrogens with zero attached hydrogens (tertiary/aromatic N) is 1. The van der Waals surface area contributed by atoms with E-state index in [2.05, 4.69) is 19.3 Å². The standard InChI is InChI=1S/C11H18N2S2/c1-3-14-7-10-13-9-6-4-5-8(12-2)11(9)15-10/h8,12H,3-7H2,1-2H3. The molecule has 0 saturated carbocycles. The van der Waals surface area contributed by atoms with Gasteiger partial charge in [0.05, 0.1) is 5.69 Å². The number of hydrogen-bond donors (Lipinski definition) is 1. The lowest BCUT2D eigenvalue weighted by Crippen LogP contribution is -2.19. The van der Waals surface area contributed by atoms with Crippen LogP contribution in [-0.4, -0.2) is 17.8 Å². The van der Waals surface area contributed by atoms with Gasteiger partial charge in [0.25, 0.3) is 0 Å². The molecule has 0 saturated heterocycles. The molecule has 1 aliphatic rings. The Labute approximate surface area is 99.9 Å². The minimum Gasteiger partial charge on any atom is -0.312 e. The van der Waals surface area contributed by atoms with Crippen LogP contribution in [0.15, 0.2) is 0 Å². The molecule has 0 aromatic carbocycles. The van der Waals surface area contributed by atoms with E-state index in [1.54, 1.807) is 0 Å². The third kappa shape index (κ3) is 2.55. The highest BCUT2D eigenvalue weighted by molar-refractivity contribution is 7.98. The van der Waals surface area contributed by atoms with Crippen LogP contribution in [-0.2, 0) is 12.2 Å². The summed E-state index contributed by atoms with van der Waals surface area (Å²) in [5.41, 5.74) is 1.36. The van der Waals surface area contributed by atoms with E-state index in [1.165, 1.54) is 40.6 Å². The van der Waals surface area contributed by atoms with Crippen LogP contribution < -0.4 is 5.32 Å². The molecule has 84 valence electrons. The SMILES string of the molecule is CCSCc1nc2c(s1)C(NC)CCC2. The molecule has 1 aromatic heterocycles. The number of nitrogens with one attached hydrogen (secondary N) is 1. The van der Waals surface area contributed by atoms with Crippen LogP contribution in [0.4, 0.5) is 0 Å². The number of aryl methyl sites for hydroxylation is 1. The van der Waals surface area contributed by atoms with Gasteiger partial charge < -0.3 is 5.32 Å². The zero-order valence-corrected chi connectivity index (χ0v) is 11.0. The van der Waals surface area contributed by atoms with Crippen molar-refractivity contribution in [3.8, 4) is 0 Å². The van der Waals surface area contributed by atoms with Crippen LogP contribution in [0.3, 0.4) is 0 Å². The number of thiazole rings is 1. The smallest absolute Gasteiger partial charge is 0.103 e. The van der Waals surface area contributed by atoms with Gasteiger partial charge in [-0.3, -0.25) is 0 Å². The molecule has 2 rings (SSSR count). The molecule has 15 heavy (non-hydrogen) atoms. The van der Waals surface area contributed by atoms with Gasteiger partial charge in [-0.15, -0.1) is 11.3 Å². The minimum atomic E-state index is 0.562. The average molecular weight is 242 g/mol. The fourth-order valence-electron chi connectivity index (χ4n) is 2.00. The number of thioether (sulfide) groups is 1. The Balaban J connectivity index is 2.14. The molecule has 0 amide bonds. The van der Waals surface area contributed by atoms with E-state index in [0.717, 1.165) is 5.75 Å². The van der Waals surface area contributed by atoms with E-state index >= 15 is 0 Å². The van der Waals surface area contributed by atoms with Crippen molar-refractivity contribution < 1.29 is 0 Å². The topological polar surface area (TPSA) is 24.9 Å². The Morgan fingerprint density at radius 1 is 1.60 bits per heavy atom. The maximum absolute atomic E-state index is 4.74. The Morgan fingerprint density at radius 3 is 3.20 bits per heavy atom. The van der Waals surface area contributed by atoms with E-state index < -0.39 is 0 Å². The molecule has 1 atom stereocenters. The van der Waals surface area contributed by atoms with Crippen molar-refractivity contribution in [3.05, 3.63) is 15.6 Å². The molecular weight excluding hydrogens is 224 g/mol. The maximum Gasteiger partial charge on any atom is 0.103 e. The predicted octanol–water partition coefficient (Wildman–Crippen LogP) is 2.99. The summed E-state index contributed by atoms with van der Waals surface area (Å²) in [5.74, 6) is 2.27. The minimum absolute atomic E-state index is 0.562. The first-order valence-electron chi connectivity index (χ1n) is 5.58. The van der Waals surface area contributed by atoms with Gasteiger partial charge in [0.15, 0.2) is 0 Å². The zero-order chi connectivity index (χ0) is 10.7. The first kappa shape index (κ1) is 11.4. The van der Waals surface area contributed by atoms with E-state index in [9.17, 15) is 0 Å². The van der Waals surface area contributed by atoms with Gasteiger partial charge in [-0.1, -0.05) is 6.92 Å². The Hall–Kier alpha value is -0.0600. The Kier molecular flexibility index (Phi) is 4.05. The van der Waals surface area contributed by atoms with Gasteiger partial charge in [0.2, 0.25) is 0 Å². The lowest BCUT2D eigenvalue weighted by molar-refractivity contribution is 0.501. The van der Waals surface area contributed by atoms with Gasteiger partial charge in [-0.05, 0) is 32.1 Å². The number of hydrogen-bond acceptors (Lipinski definition) is 4. The zero-order valence-electron chi connectivity index (χ0n) is 9.38. The number of rotatable bonds is 4. The van der Waals surface area contributed by atoms with Gasteiger partial charge in [0, 0.05) is 16.7 Å². The van der Waals surface area contributed by atoms with Crippen LogP contribution in [0.25, 0.3) is 0 Å². The molecule has 0 radical (unpaired) electrons. The highest BCUT2D eigenvalue weighted by Gasteiger charge is 2.22. The molecule has 0 aliphatic heterocycles. The summed E-state index contributed by atoms with van der Waals surface area (Å²) in [4.78, 5) is 6.24. The summed E-state index contributed by atoms with van der Waals surface area (Å²) in [7, 11) is 2.06. The van der Waals surface area contributed by atoms with Crippen LogP contribution in [0.5, 0.6) is 0 Å². The summed E-state index contributed by atoms with van der Waals surface area (Å²) in [6.45, 7) is 2.20. The van der Waals surface area contributed by atoms with Gasteiger partial charge >= 0.3 is 0 Å². The fourth-order valence-corrected chi connectivity index (χ4v) is 3.98. The lowest BCUT2D eigenvalue weighted by Gasteiger charge is -2.20. The predicted molar refractivity (Wildman–Crippen MR) is 68.7 cm³/mol. The van der Waals surface area contributed by atoms with Crippen molar-refractivity contribution in [3.63, 3.8) is 0 Å². The normalized spacial score (nSPS) is 20.3. The van der Waals surface area contributed by atoms with Crippen LogP contribution in [0, 0.1) is 0 Å². The largest absolute Gasteiger partial charge is 0.312 e. The molecule has 1 N–H and O–H groups in total. The van der Waals surface area contributed by atoms with Crippen molar-refractivity contribution in [1.29, 1.82) is 0 Å². The van der Waals surface area contributed by atoms with E-state index in [4.69, 9.17) is 4.98 Å². The third-order valence-corrected chi connectivity index (χ3v) is 5.05. The molecule has 0 bridgehead atoms. The number of aromatic nitrogens is 1. The molecule has 1 unspecified atom stereocenters. The molecule has 0 spiro atoms. The first-order valence-corrected chi connectivity index (χ1v) is 7.55. The average Bonchev–Trinajstić information content (AvgIpc) is 2.68. The second-order valence-electron chi connectivity index (χ2n) is 3.79. The van der Waals surface area contributed by atoms with E-state index in [1.807, 2.05) is 23.1 Å². The lowest BCUT2D eigenvalue weighted by atomic mass is 9.98. The highest BCUT2D eigenvalue weighted by Crippen LogP contribution is 2.34. The Bertz CT molecular complexity index is 322. The van der Waals surface area contributed by atoms with Crippen LogP contribution in [0.1, 0.15) is 41.4 Å². The third-order valence-electron chi connectivity index (χ3n) is 2.77. The molecule has 4 heteroatoms. The molecule has 0 fully saturated rings. The first-order chi connectivity index (χ1) is 7.35.